The van der Waals surface area contributed by atoms with Gasteiger partial charge in [-0.15, -0.1) is 12.4 Å². The molecule has 0 saturated carbocycles. The summed E-state index contributed by atoms with van der Waals surface area (Å²) in [5.41, 5.74) is 5.83. The minimum absolute atomic E-state index is 0. The number of benzene rings is 1. The third-order valence-electron chi connectivity index (χ3n) is 3.05. The fourth-order valence-electron chi connectivity index (χ4n) is 2.09. The summed E-state index contributed by atoms with van der Waals surface area (Å²) in [6.07, 6.45) is 0.767. The predicted molar refractivity (Wildman–Crippen MR) is 72.4 cm³/mol. The van der Waals surface area contributed by atoms with Crippen LogP contribution in [0, 0.1) is 11.6 Å². The number of rotatable bonds is 4. The van der Waals surface area contributed by atoms with E-state index in [0.29, 0.717) is 18.5 Å². The van der Waals surface area contributed by atoms with Crippen molar-refractivity contribution in [2.24, 2.45) is 5.73 Å². The molecule has 4 nitrogen and oxygen atoms in total. The predicted octanol–water partition coefficient (Wildman–Crippen LogP) is 1.51. The summed E-state index contributed by atoms with van der Waals surface area (Å²) in [7, 11) is 0. The van der Waals surface area contributed by atoms with Gasteiger partial charge in [-0.3, -0.25) is 4.79 Å². The molecular formula is C13H17ClF2N2O2. The third kappa shape index (κ3) is 4.40. The molecule has 1 heterocycles. The Morgan fingerprint density at radius 2 is 1.95 bits per heavy atom. The molecule has 1 aliphatic rings. The number of carbonyl (C=O) groups is 1. The molecule has 112 valence electrons. The minimum Gasteiger partial charge on any atom is -0.364 e. The SMILES string of the molecule is Cl.NC[C@H]1CC[C@@H](C(=O)NCc2cc(F)cc(F)c2)O1. The molecule has 0 bridgehead atoms. The van der Waals surface area contributed by atoms with Gasteiger partial charge in [-0.05, 0) is 30.5 Å². The van der Waals surface area contributed by atoms with E-state index in [1.165, 1.54) is 12.1 Å². The number of amides is 1. The normalized spacial score (nSPS) is 21.4. The van der Waals surface area contributed by atoms with Crippen LogP contribution in [0.15, 0.2) is 18.2 Å². The van der Waals surface area contributed by atoms with E-state index in [-0.39, 0.29) is 31.0 Å². The van der Waals surface area contributed by atoms with Crippen LogP contribution in [0.3, 0.4) is 0 Å². The Labute approximate surface area is 122 Å². The standard InChI is InChI=1S/C13H16F2N2O2.ClH/c14-9-3-8(4-10(15)5-9)7-17-13(18)12-2-1-11(6-16)19-12;/h3-5,11-12H,1-2,6-7,16H2,(H,17,18);1H/t11-,12+;/m1./s1. The van der Waals surface area contributed by atoms with E-state index in [4.69, 9.17) is 10.5 Å². The van der Waals surface area contributed by atoms with E-state index in [0.717, 1.165) is 12.5 Å². The van der Waals surface area contributed by atoms with Crippen molar-refractivity contribution < 1.29 is 18.3 Å². The molecule has 1 aliphatic heterocycles. The monoisotopic (exact) mass is 306 g/mol. The molecular weight excluding hydrogens is 290 g/mol. The van der Waals surface area contributed by atoms with Gasteiger partial charge in [0.05, 0.1) is 6.10 Å². The molecule has 1 saturated heterocycles. The molecule has 0 unspecified atom stereocenters. The van der Waals surface area contributed by atoms with E-state index in [9.17, 15) is 13.6 Å². The van der Waals surface area contributed by atoms with Gasteiger partial charge in [0.1, 0.15) is 17.7 Å². The lowest BCUT2D eigenvalue weighted by atomic mass is 10.1. The van der Waals surface area contributed by atoms with Crippen LogP contribution in [-0.2, 0) is 16.1 Å². The third-order valence-corrected chi connectivity index (χ3v) is 3.05. The van der Waals surface area contributed by atoms with Crippen molar-refractivity contribution in [1.82, 2.24) is 5.32 Å². The number of hydrogen-bond acceptors (Lipinski definition) is 3. The number of nitrogens with one attached hydrogen (secondary N) is 1. The molecule has 1 aromatic carbocycles. The lowest BCUT2D eigenvalue weighted by Crippen LogP contribution is -2.35. The lowest BCUT2D eigenvalue weighted by Gasteiger charge is -2.12. The first-order valence-electron chi connectivity index (χ1n) is 6.16. The Kier molecular flexibility index (Phi) is 6.32. The quantitative estimate of drug-likeness (QED) is 0.886. The van der Waals surface area contributed by atoms with Crippen LogP contribution in [0.25, 0.3) is 0 Å². The maximum Gasteiger partial charge on any atom is 0.249 e. The molecule has 0 radical (unpaired) electrons. The molecule has 2 atom stereocenters. The van der Waals surface area contributed by atoms with Crippen LogP contribution >= 0.6 is 12.4 Å². The van der Waals surface area contributed by atoms with E-state index < -0.39 is 17.7 Å². The number of carbonyl (C=O) groups excluding carboxylic acids is 1. The number of nitrogens with two attached hydrogens (primary N) is 1. The second-order valence-electron chi connectivity index (χ2n) is 4.56. The summed E-state index contributed by atoms with van der Waals surface area (Å²) in [5.74, 6) is -1.60. The first-order valence-corrected chi connectivity index (χ1v) is 6.16. The van der Waals surface area contributed by atoms with Gasteiger partial charge in [0.2, 0.25) is 5.91 Å². The zero-order chi connectivity index (χ0) is 13.8. The average Bonchev–Trinajstić information content (AvgIpc) is 2.83. The van der Waals surface area contributed by atoms with Crippen molar-refractivity contribution in [2.45, 2.75) is 31.6 Å². The first-order chi connectivity index (χ1) is 9.08. The van der Waals surface area contributed by atoms with Gasteiger partial charge >= 0.3 is 0 Å². The maximum atomic E-state index is 13.0. The number of ether oxygens (including phenoxy) is 1. The van der Waals surface area contributed by atoms with Crippen LogP contribution < -0.4 is 11.1 Å². The number of halogens is 3. The molecule has 0 spiro atoms. The van der Waals surface area contributed by atoms with Crippen molar-refractivity contribution >= 4 is 18.3 Å². The molecule has 1 aromatic rings. The fraction of sp³-hybridized carbons (Fsp3) is 0.462. The zero-order valence-corrected chi connectivity index (χ0v) is 11.6. The highest BCUT2D eigenvalue weighted by molar-refractivity contribution is 5.85. The summed E-state index contributed by atoms with van der Waals surface area (Å²) >= 11 is 0. The van der Waals surface area contributed by atoms with Crippen molar-refractivity contribution in [1.29, 1.82) is 0 Å². The highest BCUT2D eigenvalue weighted by Gasteiger charge is 2.29. The molecule has 3 N–H and O–H groups in total. The summed E-state index contributed by atoms with van der Waals surface area (Å²) in [5, 5.41) is 2.60. The van der Waals surface area contributed by atoms with Gasteiger partial charge in [0, 0.05) is 19.2 Å². The molecule has 20 heavy (non-hydrogen) atoms. The van der Waals surface area contributed by atoms with Crippen LogP contribution in [0.2, 0.25) is 0 Å². The summed E-state index contributed by atoms with van der Waals surface area (Å²) in [6, 6.07) is 3.15. The van der Waals surface area contributed by atoms with Crippen LogP contribution in [0.4, 0.5) is 8.78 Å². The van der Waals surface area contributed by atoms with Crippen molar-refractivity contribution in [2.75, 3.05) is 6.54 Å². The molecule has 0 aliphatic carbocycles. The van der Waals surface area contributed by atoms with Gasteiger partial charge in [-0.1, -0.05) is 0 Å². The van der Waals surface area contributed by atoms with E-state index in [2.05, 4.69) is 5.32 Å². The molecule has 1 amide bonds. The van der Waals surface area contributed by atoms with Crippen LogP contribution in [0.5, 0.6) is 0 Å². The van der Waals surface area contributed by atoms with Crippen molar-refractivity contribution in [3.63, 3.8) is 0 Å². The maximum absolute atomic E-state index is 13.0. The summed E-state index contributed by atoms with van der Waals surface area (Å²) < 4.78 is 31.3. The first kappa shape index (κ1) is 16.8. The Morgan fingerprint density at radius 1 is 1.30 bits per heavy atom. The smallest absolute Gasteiger partial charge is 0.249 e. The van der Waals surface area contributed by atoms with Crippen molar-refractivity contribution in [3.05, 3.63) is 35.4 Å². The van der Waals surface area contributed by atoms with Gasteiger partial charge in [0.15, 0.2) is 0 Å². The van der Waals surface area contributed by atoms with E-state index in [1.807, 2.05) is 0 Å². The molecule has 7 heteroatoms. The largest absolute Gasteiger partial charge is 0.364 e. The van der Waals surface area contributed by atoms with Crippen LogP contribution in [0.1, 0.15) is 18.4 Å². The molecule has 1 fully saturated rings. The summed E-state index contributed by atoms with van der Waals surface area (Å²) in [6.45, 7) is 0.458. The van der Waals surface area contributed by atoms with E-state index in [1.54, 1.807) is 0 Å². The highest BCUT2D eigenvalue weighted by Crippen LogP contribution is 2.19. The summed E-state index contributed by atoms with van der Waals surface area (Å²) in [4.78, 5) is 11.8. The second kappa shape index (κ2) is 7.52. The molecule has 0 aromatic heterocycles. The second-order valence-corrected chi connectivity index (χ2v) is 4.56. The minimum atomic E-state index is -0.662. The Balaban J connectivity index is 0.00000200. The Morgan fingerprint density at radius 3 is 2.50 bits per heavy atom. The Hall–Kier alpha value is -1.24. The van der Waals surface area contributed by atoms with E-state index >= 15 is 0 Å². The van der Waals surface area contributed by atoms with Gasteiger partial charge in [0.25, 0.3) is 0 Å². The topological polar surface area (TPSA) is 64.4 Å². The fourth-order valence-corrected chi connectivity index (χ4v) is 2.09. The van der Waals surface area contributed by atoms with Gasteiger partial charge in [-0.25, -0.2) is 8.78 Å². The van der Waals surface area contributed by atoms with Crippen molar-refractivity contribution in [3.8, 4) is 0 Å². The highest BCUT2D eigenvalue weighted by atomic mass is 35.5. The zero-order valence-electron chi connectivity index (χ0n) is 10.8. The lowest BCUT2D eigenvalue weighted by molar-refractivity contribution is -0.132. The molecule has 2 rings (SSSR count). The van der Waals surface area contributed by atoms with Crippen LogP contribution in [-0.4, -0.2) is 24.7 Å². The number of hydrogen-bond donors (Lipinski definition) is 2. The Bertz CT molecular complexity index is 453. The van der Waals surface area contributed by atoms with Gasteiger partial charge in [-0.2, -0.15) is 0 Å². The van der Waals surface area contributed by atoms with Gasteiger partial charge < -0.3 is 15.8 Å². The average molecular weight is 307 g/mol.